The normalized spacial score (nSPS) is 32.9. The molecule has 0 bridgehead atoms. The van der Waals surface area contributed by atoms with Crippen LogP contribution in [0.25, 0.3) is 0 Å². The van der Waals surface area contributed by atoms with Crippen molar-refractivity contribution in [2.24, 2.45) is 11.3 Å². The van der Waals surface area contributed by atoms with E-state index in [1.54, 1.807) is 0 Å². The number of nitrogens with one attached hydrogen (secondary N) is 2. The summed E-state index contributed by atoms with van der Waals surface area (Å²) in [6.07, 6.45) is 4.35. The largest absolute Gasteiger partial charge is 0.379 e. The minimum Gasteiger partial charge on any atom is -0.379 e. The minimum atomic E-state index is -0.312. The quantitative estimate of drug-likeness (QED) is 0.819. The van der Waals surface area contributed by atoms with Crippen LogP contribution >= 0.6 is 0 Å². The third-order valence-electron chi connectivity index (χ3n) is 4.76. The van der Waals surface area contributed by atoms with Crippen molar-refractivity contribution < 1.29 is 9.53 Å². The molecule has 2 fully saturated rings. The predicted molar refractivity (Wildman–Crippen MR) is 76.0 cm³/mol. The van der Waals surface area contributed by atoms with Crippen molar-refractivity contribution in [3.05, 3.63) is 0 Å². The lowest BCUT2D eigenvalue weighted by molar-refractivity contribution is -0.136. The summed E-state index contributed by atoms with van der Waals surface area (Å²) in [6.45, 7) is 9.74. The molecule has 0 radical (unpaired) electrons. The number of carbonyl (C=O) groups is 1. The molecule has 2 N–H and O–H groups in total. The maximum Gasteiger partial charge on any atom is 0.226 e. The van der Waals surface area contributed by atoms with Gasteiger partial charge in [-0.1, -0.05) is 13.8 Å². The molecule has 19 heavy (non-hydrogen) atoms. The average molecular weight is 268 g/mol. The van der Waals surface area contributed by atoms with Gasteiger partial charge in [0.25, 0.3) is 0 Å². The fourth-order valence-electron chi connectivity index (χ4n) is 3.12. The summed E-state index contributed by atoms with van der Waals surface area (Å²) >= 11 is 0. The molecule has 2 rings (SSSR count). The topological polar surface area (TPSA) is 50.4 Å². The Morgan fingerprint density at radius 3 is 2.79 bits per heavy atom. The highest BCUT2D eigenvalue weighted by Crippen LogP contribution is 2.33. The molecule has 4 nitrogen and oxygen atoms in total. The van der Waals surface area contributed by atoms with Crippen LogP contribution in [0.1, 0.15) is 46.5 Å². The Kier molecular flexibility index (Phi) is 4.51. The van der Waals surface area contributed by atoms with Crippen molar-refractivity contribution in [2.45, 2.75) is 52.0 Å². The van der Waals surface area contributed by atoms with Crippen molar-refractivity contribution in [1.82, 2.24) is 10.6 Å². The number of hydrogen-bond donors (Lipinski definition) is 2. The molecule has 2 saturated heterocycles. The van der Waals surface area contributed by atoms with E-state index in [4.69, 9.17) is 4.74 Å². The van der Waals surface area contributed by atoms with Crippen molar-refractivity contribution in [3.63, 3.8) is 0 Å². The Bertz CT molecular complexity index is 316. The smallest absolute Gasteiger partial charge is 0.226 e. The molecule has 0 spiro atoms. The van der Waals surface area contributed by atoms with E-state index >= 15 is 0 Å². The summed E-state index contributed by atoms with van der Waals surface area (Å²) in [4.78, 5) is 12.6. The Morgan fingerprint density at radius 1 is 1.42 bits per heavy atom. The summed E-state index contributed by atoms with van der Waals surface area (Å²) < 4.78 is 5.52. The third kappa shape index (κ3) is 3.48. The number of amides is 1. The molecule has 2 unspecified atom stereocenters. The van der Waals surface area contributed by atoms with Crippen LogP contribution in [0.3, 0.4) is 0 Å². The lowest BCUT2D eigenvalue weighted by atomic mass is 9.73. The number of rotatable bonds is 3. The first-order chi connectivity index (χ1) is 8.94. The fourth-order valence-corrected chi connectivity index (χ4v) is 3.12. The average Bonchev–Trinajstić information content (AvgIpc) is 2.40. The molecule has 1 amide bonds. The molecule has 0 saturated carbocycles. The Hall–Kier alpha value is -0.610. The molecule has 0 aliphatic carbocycles. The highest BCUT2D eigenvalue weighted by Gasteiger charge is 2.40. The van der Waals surface area contributed by atoms with Gasteiger partial charge in [-0.15, -0.1) is 0 Å². The van der Waals surface area contributed by atoms with Gasteiger partial charge in [0.05, 0.1) is 12.1 Å². The first kappa shape index (κ1) is 14.8. The van der Waals surface area contributed by atoms with Crippen LogP contribution in [-0.2, 0) is 9.53 Å². The zero-order valence-corrected chi connectivity index (χ0v) is 12.6. The van der Waals surface area contributed by atoms with Gasteiger partial charge >= 0.3 is 0 Å². The summed E-state index contributed by atoms with van der Waals surface area (Å²) in [5.41, 5.74) is -0.497. The highest BCUT2D eigenvalue weighted by molar-refractivity contribution is 5.83. The van der Waals surface area contributed by atoms with E-state index in [1.165, 1.54) is 6.42 Å². The number of ether oxygens (including phenoxy) is 1. The summed E-state index contributed by atoms with van der Waals surface area (Å²) in [6, 6.07) is 0. The summed E-state index contributed by atoms with van der Waals surface area (Å²) in [7, 11) is 0. The van der Waals surface area contributed by atoms with Gasteiger partial charge in [0.15, 0.2) is 0 Å². The van der Waals surface area contributed by atoms with E-state index in [2.05, 4.69) is 31.4 Å². The zero-order chi connectivity index (χ0) is 13.9. The molecule has 0 aromatic rings. The first-order valence-electron chi connectivity index (χ1n) is 7.55. The number of carbonyl (C=O) groups excluding carboxylic acids is 1. The van der Waals surface area contributed by atoms with E-state index in [1.807, 2.05) is 0 Å². The SMILES string of the molecule is CC1(NC(=O)C(C)(C)C2CCCNC2)CCCOC1. The van der Waals surface area contributed by atoms with E-state index in [-0.39, 0.29) is 16.9 Å². The van der Waals surface area contributed by atoms with Crippen LogP contribution in [-0.4, -0.2) is 37.7 Å². The lowest BCUT2D eigenvalue weighted by Gasteiger charge is -2.41. The van der Waals surface area contributed by atoms with E-state index in [0.717, 1.165) is 39.0 Å². The summed E-state index contributed by atoms with van der Waals surface area (Å²) in [5.74, 6) is 0.601. The third-order valence-corrected chi connectivity index (χ3v) is 4.76. The van der Waals surface area contributed by atoms with Crippen LogP contribution in [0.15, 0.2) is 0 Å². The van der Waals surface area contributed by atoms with E-state index in [0.29, 0.717) is 12.5 Å². The van der Waals surface area contributed by atoms with Gasteiger partial charge in [0.2, 0.25) is 5.91 Å². The highest BCUT2D eigenvalue weighted by atomic mass is 16.5. The van der Waals surface area contributed by atoms with Crippen LogP contribution in [0, 0.1) is 11.3 Å². The lowest BCUT2D eigenvalue weighted by Crippen LogP contribution is -2.57. The molecule has 2 aliphatic rings. The summed E-state index contributed by atoms with van der Waals surface area (Å²) in [5, 5.41) is 6.65. The maximum absolute atomic E-state index is 12.6. The van der Waals surface area contributed by atoms with E-state index in [9.17, 15) is 4.79 Å². The maximum atomic E-state index is 12.6. The molecule has 2 heterocycles. The van der Waals surface area contributed by atoms with Crippen LogP contribution < -0.4 is 10.6 Å². The Morgan fingerprint density at radius 2 is 2.21 bits per heavy atom. The number of piperidine rings is 1. The Balaban J connectivity index is 1.97. The second kappa shape index (κ2) is 5.80. The van der Waals surface area contributed by atoms with Gasteiger partial charge in [-0.25, -0.2) is 0 Å². The Labute approximate surface area is 116 Å². The van der Waals surface area contributed by atoms with Crippen molar-refractivity contribution in [3.8, 4) is 0 Å². The van der Waals surface area contributed by atoms with Gasteiger partial charge in [-0.2, -0.15) is 0 Å². The molecule has 2 aliphatic heterocycles. The van der Waals surface area contributed by atoms with Gasteiger partial charge in [0, 0.05) is 12.0 Å². The van der Waals surface area contributed by atoms with Gasteiger partial charge < -0.3 is 15.4 Å². The van der Waals surface area contributed by atoms with Gasteiger partial charge in [0.1, 0.15) is 0 Å². The van der Waals surface area contributed by atoms with Crippen molar-refractivity contribution in [2.75, 3.05) is 26.3 Å². The standard InChI is InChI=1S/C15H28N2O2/c1-14(2,12-6-4-8-16-10-12)13(18)17-15(3)7-5-9-19-11-15/h12,16H,4-11H2,1-3H3,(H,17,18). The molecule has 4 heteroatoms. The molecule has 110 valence electrons. The van der Waals surface area contributed by atoms with Crippen LogP contribution in [0.2, 0.25) is 0 Å². The van der Waals surface area contributed by atoms with Crippen molar-refractivity contribution >= 4 is 5.91 Å². The fraction of sp³-hybridized carbons (Fsp3) is 0.933. The number of hydrogen-bond acceptors (Lipinski definition) is 3. The van der Waals surface area contributed by atoms with Gasteiger partial charge in [-0.05, 0) is 51.6 Å². The first-order valence-corrected chi connectivity index (χ1v) is 7.55. The van der Waals surface area contributed by atoms with Gasteiger partial charge in [-0.3, -0.25) is 4.79 Å². The molecule has 0 aromatic heterocycles. The van der Waals surface area contributed by atoms with Crippen molar-refractivity contribution in [1.29, 1.82) is 0 Å². The minimum absolute atomic E-state index is 0.175. The monoisotopic (exact) mass is 268 g/mol. The molecular weight excluding hydrogens is 240 g/mol. The predicted octanol–water partition coefficient (Wildman–Crippen LogP) is 1.70. The molecule has 0 aromatic carbocycles. The zero-order valence-electron chi connectivity index (χ0n) is 12.6. The second-order valence-corrected chi connectivity index (χ2v) is 6.94. The van der Waals surface area contributed by atoms with Crippen LogP contribution in [0.4, 0.5) is 0 Å². The molecular formula is C15H28N2O2. The van der Waals surface area contributed by atoms with Crippen LogP contribution in [0.5, 0.6) is 0 Å². The second-order valence-electron chi connectivity index (χ2n) is 6.94. The van der Waals surface area contributed by atoms with E-state index < -0.39 is 0 Å². The molecule has 2 atom stereocenters.